The lowest BCUT2D eigenvalue weighted by atomic mass is 9.73. The highest BCUT2D eigenvalue weighted by molar-refractivity contribution is 9.10. The Morgan fingerprint density at radius 1 is 1.28 bits per heavy atom. The van der Waals surface area contributed by atoms with Gasteiger partial charge < -0.3 is 5.32 Å². The molecule has 1 N–H and O–H groups in total. The Bertz CT molecular complexity index is 506. The quantitative estimate of drug-likeness (QED) is 0.898. The van der Waals surface area contributed by atoms with Crippen LogP contribution >= 0.6 is 15.9 Å². The van der Waals surface area contributed by atoms with E-state index in [4.69, 9.17) is 0 Å². The van der Waals surface area contributed by atoms with Crippen molar-refractivity contribution in [3.63, 3.8) is 0 Å². The molecule has 0 radical (unpaired) electrons. The van der Waals surface area contributed by atoms with E-state index in [1.165, 1.54) is 5.56 Å². The second kappa shape index (κ2) is 5.31. The maximum Gasteiger partial charge on any atom is 0.150 e. The molecule has 1 aliphatic heterocycles. The zero-order chi connectivity index (χ0) is 13.2. The van der Waals surface area contributed by atoms with Crippen molar-refractivity contribution in [2.75, 3.05) is 24.6 Å². The Balaban J connectivity index is 2.14. The van der Waals surface area contributed by atoms with Crippen molar-refractivity contribution < 1.29 is 8.42 Å². The van der Waals surface area contributed by atoms with Gasteiger partial charge in [0.05, 0.1) is 5.75 Å². The summed E-state index contributed by atoms with van der Waals surface area (Å²) in [7, 11) is -2.88. The topological polar surface area (TPSA) is 46.2 Å². The lowest BCUT2D eigenvalue weighted by Gasteiger charge is -2.43. The molecule has 0 amide bonds. The molecule has 1 aromatic carbocycles. The largest absolute Gasteiger partial charge is 0.315 e. The molecule has 100 valence electrons. The molecule has 2 rings (SSSR count). The Morgan fingerprint density at radius 3 is 2.33 bits per heavy atom. The average Bonchev–Trinajstić information content (AvgIpc) is 2.30. The van der Waals surface area contributed by atoms with Gasteiger partial charge in [0.15, 0.2) is 0 Å². The second-order valence-corrected chi connectivity index (χ2v) is 8.27. The zero-order valence-electron chi connectivity index (χ0n) is 10.4. The van der Waals surface area contributed by atoms with Crippen molar-refractivity contribution in [1.82, 2.24) is 5.32 Å². The first-order valence-corrected chi connectivity index (χ1v) is 8.76. The molecule has 3 nitrogen and oxygen atoms in total. The van der Waals surface area contributed by atoms with E-state index in [-0.39, 0.29) is 16.9 Å². The van der Waals surface area contributed by atoms with Gasteiger partial charge in [-0.05, 0) is 24.1 Å². The molecule has 0 spiro atoms. The second-order valence-electron chi connectivity index (χ2n) is 4.88. The van der Waals surface area contributed by atoms with Crippen molar-refractivity contribution >= 4 is 25.8 Å². The highest BCUT2D eigenvalue weighted by atomic mass is 79.9. The lowest BCUT2D eigenvalue weighted by molar-refractivity contribution is 0.268. The van der Waals surface area contributed by atoms with E-state index >= 15 is 0 Å². The van der Waals surface area contributed by atoms with Crippen LogP contribution in [0.1, 0.15) is 18.9 Å². The molecule has 18 heavy (non-hydrogen) atoms. The third-order valence-electron chi connectivity index (χ3n) is 3.71. The van der Waals surface area contributed by atoms with Gasteiger partial charge in [-0.25, -0.2) is 8.42 Å². The van der Waals surface area contributed by atoms with Crippen LogP contribution < -0.4 is 5.32 Å². The summed E-state index contributed by atoms with van der Waals surface area (Å²) in [6, 6.07) is 8.21. The van der Waals surface area contributed by atoms with Crippen molar-refractivity contribution in [2.24, 2.45) is 0 Å². The van der Waals surface area contributed by atoms with Crippen LogP contribution in [-0.2, 0) is 15.3 Å². The number of benzene rings is 1. The van der Waals surface area contributed by atoms with Crippen LogP contribution in [0, 0.1) is 0 Å². The molecule has 1 aromatic rings. The molecule has 0 bridgehead atoms. The highest BCUT2D eigenvalue weighted by Gasteiger charge is 2.39. The summed E-state index contributed by atoms with van der Waals surface area (Å²) >= 11 is 3.42. The Labute approximate surface area is 117 Å². The minimum atomic E-state index is -2.88. The number of hydrogen-bond acceptors (Lipinski definition) is 3. The molecule has 0 unspecified atom stereocenters. The van der Waals surface area contributed by atoms with E-state index in [2.05, 4.69) is 33.4 Å². The van der Waals surface area contributed by atoms with Gasteiger partial charge in [0.25, 0.3) is 0 Å². The molecule has 5 heteroatoms. The fraction of sp³-hybridized carbons (Fsp3) is 0.538. The van der Waals surface area contributed by atoms with E-state index in [1.54, 1.807) is 6.92 Å². The highest BCUT2D eigenvalue weighted by Crippen LogP contribution is 2.33. The van der Waals surface area contributed by atoms with Crippen LogP contribution in [-0.4, -0.2) is 33.0 Å². The number of sulfone groups is 1. The van der Waals surface area contributed by atoms with E-state index in [0.29, 0.717) is 6.42 Å². The molecule has 0 saturated carbocycles. The van der Waals surface area contributed by atoms with Gasteiger partial charge in [0.2, 0.25) is 0 Å². The van der Waals surface area contributed by atoms with Gasteiger partial charge in [0, 0.05) is 28.7 Å². The molecule has 1 heterocycles. The van der Waals surface area contributed by atoms with Gasteiger partial charge in [-0.2, -0.15) is 0 Å². The van der Waals surface area contributed by atoms with Crippen LogP contribution in [0.5, 0.6) is 0 Å². The Morgan fingerprint density at radius 2 is 1.89 bits per heavy atom. The summed E-state index contributed by atoms with van der Waals surface area (Å²) in [5, 5.41) is 3.26. The molecule has 1 saturated heterocycles. The maximum atomic E-state index is 11.6. The van der Waals surface area contributed by atoms with Gasteiger partial charge in [-0.15, -0.1) is 0 Å². The molecule has 1 aliphatic rings. The molecular formula is C13H18BrNO2S. The normalized spacial score (nSPS) is 18.3. The van der Waals surface area contributed by atoms with Crippen LogP contribution in [0.25, 0.3) is 0 Å². The van der Waals surface area contributed by atoms with Crippen LogP contribution in [0.2, 0.25) is 0 Å². The third-order valence-corrected chi connectivity index (χ3v) is 5.95. The number of halogens is 1. The first-order valence-electron chi connectivity index (χ1n) is 6.15. The molecule has 0 aliphatic carbocycles. The third kappa shape index (κ3) is 2.95. The summed E-state index contributed by atoms with van der Waals surface area (Å²) in [5.41, 5.74) is 1.24. The average molecular weight is 332 g/mol. The van der Waals surface area contributed by atoms with Gasteiger partial charge in [-0.1, -0.05) is 35.0 Å². The van der Waals surface area contributed by atoms with Crippen molar-refractivity contribution in [1.29, 1.82) is 0 Å². The lowest BCUT2D eigenvalue weighted by Crippen LogP contribution is -2.57. The van der Waals surface area contributed by atoms with Gasteiger partial charge in [-0.3, -0.25) is 0 Å². The summed E-state index contributed by atoms with van der Waals surface area (Å²) in [4.78, 5) is 0. The molecular weight excluding hydrogens is 314 g/mol. The van der Waals surface area contributed by atoms with E-state index in [9.17, 15) is 8.42 Å². The number of nitrogens with one attached hydrogen (secondary N) is 1. The van der Waals surface area contributed by atoms with Gasteiger partial charge in [0.1, 0.15) is 9.84 Å². The van der Waals surface area contributed by atoms with E-state index in [0.717, 1.165) is 17.6 Å². The predicted molar refractivity (Wildman–Crippen MR) is 77.6 cm³/mol. The summed E-state index contributed by atoms with van der Waals surface area (Å²) in [6.45, 7) is 3.45. The maximum absolute atomic E-state index is 11.6. The zero-order valence-corrected chi connectivity index (χ0v) is 12.9. The fourth-order valence-corrected chi connectivity index (χ4v) is 3.51. The monoisotopic (exact) mass is 331 g/mol. The predicted octanol–water partition coefficient (Wildman–Crippen LogP) is 2.11. The van der Waals surface area contributed by atoms with E-state index in [1.807, 2.05) is 12.1 Å². The summed E-state index contributed by atoms with van der Waals surface area (Å²) in [5.74, 6) is 0.512. The summed E-state index contributed by atoms with van der Waals surface area (Å²) in [6.07, 6.45) is 0.706. The Hall–Kier alpha value is -0.390. The standard InChI is InChI=1S/C13H18BrNO2S/c1-2-18(16,17)8-7-13(9-15-10-13)11-3-5-12(14)6-4-11/h3-6,15H,2,7-10H2,1H3. The van der Waals surface area contributed by atoms with E-state index < -0.39 is 9.84 Å². The van der Waals surface area contributed by atoms with Crippen molar-refractivity contribution in [2.45, 2.75) is 18.8 Å². The fourth-order valence-electron chi connectivity index (χ4n) is 2.25. The van der Waals surface area contributed by atoms with Crippen LogP contribution in [0.3, 0.4) is 0 Å². The smallest absolute Gasteiger partial charge is 0.150 e. The minimum absolute atomic E-state index is 0.00292. The SMILES string of the molecule is CCS(=O)(=O)CCC1(c2ccc(Br)cc2)CNC1. The molecule has 1 fully saturated rings. The first-order chi connectivity index (χ1) is 8.47. The number of rotatable bonds is 5. The van der Waals surface area contributed by atoms with Crippen LogP contribution in [0.4, 0.5) is 0 Å². The van der Waals surface area contributed by atoms with Crippen molar-refractivity contribution in [3.8, 4) is 0 Å². The van der Waals surface area contributed by atoms with Crippen molar-refractivity contribution in [3.05, 3.63) is 34.3 Å². The summed E-state index contributed by atoms with van der Waals surface area (Å²) < 4.78 is 24.3. The van der Waals surface area contributed by atoms with Crippen LogP contribution in [0.15, 0.2) is 28.7 Å². The Kier molecular flexibility index (Phi) is 4.14. The van der Waals surface area contributed by atoms with Gasteiger partial charge >= 0.3 is 0 Å². The minimum Gasteiger partial charge on any atom is -0.315 e. The molecule has 0 aromatic heterocycles. The number of hydrogen-bond donors (Lipinski definition) is 1. The first kappa shape index (κ1) is 14.0. The molecule has 0 atom stereocenters.